The Hall–Kier alpha value is -1.89. The predicted molar refractivity (Wildman–Crippen MR) is 72.1 cm³/mol. The van der Waals surface area contributed by atoms with Crippen LogP contribution in [0, 0.1) is 17.2 Å². The zero-order valence-corrected chi connectivity index (χ0v) is 11.0. The summed E-state index contributed by atoms with van der Waals surface area (Å²) in [6.07, 6.45) is 8.55. The molecule has 100 valence electrons. The van der Waals surface area contributed by atoms with Crippen LogP contribution in [0.2, 0.25) is 0 Å². The quantitative estimate of drug-likeness (QED) is 0.899. The maximum Gasteiger partial charge on any atom is 0.224 e. The number of nitriles is 1. The van der Waals surface area contributed by atoms with Crippen LogP contribution >= 0.6 is 0 Å². The molecule has 1 fully saturated rings. The molecule has 0 saturated heterocycles. The van der Waals surface area contributed by atoms with Crippen molar-refractivity contribution in [1.82, 2.24) is 10.3 Å². The van der Waals surface area contributed by atoms with Crippen LogP contribution in [0.5, 0.6) is 0 Å². The first-order chi connectivity index (χ1) is 9.28. The minimum absolute atomic E-state index is 0.0664. The molecule has 4 heteroatoms. The summed E-state index contributed by atoms with van der Waals surface area (Å²) in [6.45, 7) is 0. The van der Waals surface area contributed by atoms with Gasteiger partial charge in [-0.1, -0.05) is 6.07 Å². The van der Waals surface area contributed by atoms with Gasteiger partial charge < -0.3 is 5.32 Å². The molecule has 0 bridgehead atoms. The van der Waals surface area contributed by atoms with Crippen molar-refractivity contribution in [3.63, 3.8) is 0 Å². The predicted octanol–water partition coefficient (Wildman–Crippen LogP) is 2.21. The van der Waals surface area contributed by atoms with Gasteiger partial charge in [-0.3, -0.25) is 9.78 Å². The number of hydrogen-bond donors (Lipinski definition) is 1. The second kappa shape index (κ2) is 6.89. The molecule has 2 rings (SSSR count). The van der Waals surface area contributed by atoms with Crippen molar-refractivity contribution in [1.29, 1.82) is 5.26 Å². The van der Waals surface area contributed by atoms with Crippen LogP contribution in [-0.4, -0.2) is 16.9 Å². The fourth-order valence-electron chi connectivity index (χ4n) is 2.61. The molecule has 1 aromatic heterocycles. The van der Waals surface area contributed by atoms with E-state index in [0.29, 0.717) is 18.8 Å². The molecule has 0 radical (unpaired) electrons. The Balaban J connectivity index is 1.74. The maximum absolute atomic E-state index is 11.9. The third-order valence-electron chi connectivity index (χ3n) is 3.68. The van der Waals surface area contributed by atoms with Crippen LogP contribution in [-0.2, 0) is 11.2 Å². The Morgan fingerprint density at radius 2 is 2.21 bits per heavy atom. The van der Waals surface area contributed by atoms with Gasteiger partial charge in [-0.2, -0.15) is 5.26 Å². The number of nitrogens with zero attached hydrogens (tertiary/aromatic N) is 2. The van der Waals surface area contributed by atoms with E-state index in [1.807, 2.05) is 12.1 Å². The Kier molecular flexibility index (Phi) is 4.91. The maximum atomic E-state index is 11.9. The van der Waals surface area contributed by atoms with Gasteiger partial charge in [-0.25, -0.2) is 0 Å². The zero-order valence-electron chi connectivity index (χ0n) is 11.0. The van der Waals surface area contributed by atoms with Crippen LogP contribution in [0.15, 0.2) is 24.5 Å². The smallest absolute Gasteiger partial charge is 0.224 e. The number of pyridine rings is 1. The minimum Gasteiger partial charge on any atom is -0.353 e. The average molecular weight is 257 g/mol. The lowest BCUT2D eigenvalue weighted by Crippen LogP contribution is -2.38. The SMILES string of the molecule is N#CCC1CCC(NC(=O)Cc2cccnc2)CC1. The molecule has 0 unspecified atom stereocenters. The number of amides is 1. The Labute approximate surface area is 113 Å². The number of carbonyl (C=O) groups is 1. The topological polar surface area (TPSA) is 65.8 Å². The van der Waals surface area contributed by atoms with Gasteiger partial charge in [0.25, 0.3) is 0 Å². The molecule has 1 saturated carbocycles. The largest absolute Gasteiger partial charge is 0.353 e. The van der Waals surface area contributed by atoms with Gasteiger partial charge in [0.05, 0.1) is 12.5 Å². The third-order valence-corrected chi connectivity index (χ3v) is 3.68. The Bertz CT molecular complexity index is 444. The molecule has 1 aromatic rings. The molecule has 1 N–H and O–H groups in total. The monoisotopic (exact) mass is 257 g/mol. The lowest BCUT2D eigenvalue weighted by molar-refractivity contribution is -0.121. The van der Waals surface area contributed by atoms with E-state index < -0.39 is 0 Å². The molecule has 0 aromatic carbocycles. The van der Waals surface area contributed by atoms with Crippen LogP contribution < -0.4 is 5.32 Å². The van der Waals surface area contributed by atoms with E-state index in [9.17, 15) is 4.79 Å². The van der Waals surface area contributed by atoms with Crippen molar-refractivity contribution < 1.29 is 4.79 Å². The van der Waals surface area contributed by atoms with Gasteiger partial charge in [0.15, 0.2) is 0 Å². The highest BCUT2D eigenvalue weighted by atomic mass is 16.1. The first kappa shape index (κ1) is 13.5. The molecule has 1 aliphatic carbocycles. The van der Waals surface area contributed by atoms with Gasteiger partial charge in [-0.15, -0.1) is 0 Å². The number of aromatic nitrogens is 1. The van der Waals surface area contributed by atoms with Crippen LogP contribution in [0.1, 0.15) is 37.7 Å². The van der Waals surface area contributed by atoms with Crippen LogP contribution in [0.25, 0.3) is 0 Å². The summed E-state index contributed by atoms with van der Waals surface area (Å²) in [5.74, 6) is 0.591. The Morgan fingerprint density at radius 1 is 1.42 bits per heavy atom. The van der Waals surface area contributed by atoms with Gasteiger partial charge >= 0.3 is 0 Å². The van der Waals surface area contributed by atoms with Crippen molar-refractivity contribution in [3.05, 3.63) is 30.1 Å². The number of rotatable bonds is 4. The third kappa shape index (κ3) is 4.36. The van der Waals surface area contributed by atoms with E-state index in [-0.39, 0.29) is 11.9 Å². The van der Waals surface area contributed by atoms with Gasteiger partial charge in [-0.05, 0) is 43.2 Å². The standard InChI is InChI=1S/C15H19N3O/c16-8-7-12-3-5-14(6-4-12)18-15(19)10-13-2-1-9-17-11-13/h1-2,9,11-12,14H,3-7,10H2,(H,18,19). The van der Waals surface area contributed by atoms with E-state index in [1.165, 1.54) is 0 Å². The normalized spacial score (nSPS) is 22.5. The summed E-state index contributed by atoms with van der Waals surface area (Å²) >= 11 is 0. The lowest BCUT2D eigenvalue weighted by atomic mass is 9.84. The van der Waals surface area contributed by atoms with Crippen molar-refractivity contribution in [2.75, 3.05) is 0 Å². The van der Waals surface area contributed by atoms with Crippen molar-refractivity contribution in [3.8, 4) is 6.07 Å². The molecule has 0 atom stereocenters. The lowest BCUT2D eigenvalue weighted by Gasteiger charge is -2.27. The highest BCUT2D eigenvalue weighted by Gasteiger charge is 2.22. The van der Waals surface area contributed by atoms with E-state index in [4.69, 9.17) is 5.26 Å². The average Bonchev–Trinajstić information content (AvgIpc) is 2.42. The van der Waals surface area contributed by atoms with Crippen LogP contribution in [0.3, 0.4) is 0 Å². The van der Waals surface area contributed by atoms with Gasteiger partial charge in [0, 0.05) is 24.9 Å². The molecular weight excluding hydrogens is 238 g/mol. The van der Waals surface area contributed by atoms with E-state index in [2.05, 4.69) is 16.4 Å². The van der Waals surface area contributed by atoms with Crippen molar-refractivity contribution >= 4 is 5.91 Å². The van der Waals surface area contributed by atoms with E-state index >= 15 is 0 Å². The summed E-state index contributed by atoms with van der Waals surface area (Å²) in [4.78, 5) is 15.9. The molecular formula is C15H19N3O. The van der Waals surface area contributed by atoms with Crippen LogP contribution in [0.4, 0.5) is 0 Å². The molecule has 1 aliphatic rings. The van der Waals surface area contributed by atoms with Gasteiger partial charge in [0.2, 0.25) is 5.91 Å². The second-order valence-electron chi connectivity index (χ2n) is 5.19. The molecule has 19 heavy (non-hydrogen) atoms. The molecule has 1 heterocycles. The number of nitrogens with one attached hydrogen (secondary N) is 1. The van der Waals surface area contributed by atoms with E-state index in [1.54, 1.807) is 12.4 Å². The fraction of sp³-hybridized carbons (Fsp3) is 0.533. The van der Waals surface area contributed by atoms with Crippen molar-refractivity contribution in [2.24, 2.45) is 5.92 Å². The number of hydrogen-bond acceptors (Lipinski definition) is 3. The number of carbonyl (C=O) groups excluding carboxylic acids is 1. The summed E-state index contributed by atoms with van der Waals surface area (Å²) in [5, 5.41) is 11.7. The van der Waals surface area contributed by atoms with E-state index in [0.717, 1.165) is 31.2 Å². The summed E-state index contributed by atoms with van der Waals surface area (Å²) in [7, 11) is 0. The minimum atomic E-state index is 0.0664. The fourth-order valence-corrected chi connectivity index (χ4v) is 2.61. The summed E-state index contributed by atoms with van der Waals surface area (Å²) in [5.41, 5.74) is 0.943. The highest BCUT2D eigenvalue weighted by molar-refractivity contribution is 5.78. The molecule has 0 spiro atoms. The Morgan fingerprint density at radius 3 is 2.84 bits per heavy atom. The van der Waals surface area contributed by atoms with Crippen molar-refractivity contribution in [2.45, 2.75) is 44.6 Å². The molecule has 0 aliphatic heterocycles. The zero-order chi connectivity index (χ0) is 13.5. The summed E-state index contributed by atoms with van der Waals surface area (Å²) in [6, 6.07) is 6.26. The first-order valence-corrected chi connectivity index (χ1v) is 6.83. The second-order valence-corrected chi connectivity index (χ2v) is 5.19. The first-order valence-electron chi connectivity index (χ1n) is 6.83. The molecule has 1 amide bonds. The summed E-state index contributed by atoms with van der Waals surface area (Å²) < 4.78 is 0. The van der Waals surface area contributed by atoms with Gasteiger partial charge in [0.1, 0.15) is 0 Å². The molecule has 4 nitrogen and oxygen atoms in total. The highest BCUT2D eigenvalue weighted by Crippen LogP contribution is 2.26.